The molecule has 1 heterocycles. The molecular formula is C18H27FN2. The van der Waals surface area contributed by atoms with Gasteiger partial charge in [-0.2, -0.15) is 0 Å². The molecule has 2 nitrogen and oxygen atoms in total. The van der Waals surface area contributed by atoms with Crippen LogP contribution in [-0.4, -0.2) is 24.0 Å². The second-order valence-corrected chi connectivity index (χ2v) is 6.73. The lowest BCUT2D eigenvalue weighted by Gasteiger charge is -2.32. The van der Waals surface area contributed by atoms with Crippen molar-refractivity contribution in [2.24, 2.45) is 5.92 Å². The van der Waals surface area contributed by atoms with Crippen molar-refractivity contribution in [1.82, 2.24) is 10.2 Å². The maximum absolute atomic E-state index is 14.1. The Kier molecular flexibility index (Phi) is 4.91. The van der Waals surface area contributed by atoms with Gasteiger partial charge in [-0.25, -0.2) is 4.39 Å². The number of nitrogens with zero attached hydrogens (tertiary/aromatic N) is 1. The summed E-state index contributed by atoms with van der Waals surface area (Å²) in [4.78, 5) is 2.42. The lowest BCUT2D eigenvalue weighted by Crippen LogP contribution is -2.34. The van der Waals surface area contributed by atoms with Gasteiger partial charge in [0, 0.05) is 31.2 Å². The number of nitrogens with one attached hydrogen (secondary N) is 1. The van der Waals surface area contributed by atoms with Gasteiger partial charge in [-0.05, 0) is 49.8 Å². The molecule has 0 spiro atoms. The summed E-state index contributed by atoms with van der Waals surface area (Å²) in [7, 11) is 0. The fourth-order valence-electron chi connectivity index (χ4n) is 3.28. The molecule has 0 bridgehead atoms. The molecule has 1 aromatic rings. The minimum absolute atomic E-state index is 0.0520. The third-order valence-electron chi connectivity index (χ3n) is 4.86. The Morgan fingerprint density at radius 3 is 2.90 bits per heavy atom. The SMILES string of the molecule is CCC1CCCN(Cc2cc(CNC3CC3)ccc2F)C1. The van der Waals surface area contributed by atoms with Crippen LogP contribution in [0, 0.1) is 11.7 Å². The van der Waals surface area contributed by atoms with Crippen LogP contribution in [0.15, 0.2) is 18.2 Å². The zero-order chi connectivity index (χ0) is 14.7. The summed E-state index contributed by atoms with van der Waals surface area (Å²) in [6, 6.07) is 6.31. The predicted octanol–water partition coefficient (Wildman–Crippen LogP) is 3.70. The van der Waals surface area contributed by atoms with E-state index < -0.39 is 0 Å². The Labute approximate surface area is 127 Å². The van der Waals surface area contributed by atoms with E-state index in [9.17, 15) is 4.39 Å². The Balaban J connectivity index is 1.61. The molecule has 2 fully saturated rings. The summed E-state index contributed by atoms with van der Waals surface area (Å²) < 4.78 is 14.1. The number of benzene rings is 1. The van der Waals surface area contributed by atoms with E-state index in [1.54, 1.807) is 6.07 Å². The summed E-state index contributed by atoms with van der Waals surface area (Å²) >= 11 is 0. The van der Waals surface area contributed by atoms with E-state index in [0.717, 1.165) is 37.7 Å². The van der Waals surface area contributed by atoms with Crippen LogP contribution in [0.2, 0.25) is 0 Å². The third kappa shape index (κ3) is 4.27. The van der Waals surface area contributed by atoms with Crippen LogP contribution in [0.4, 0.5) is 4.39 Å². The van der Waals surface area contributed by atoms with Crippen molar-refractivity contribution >= 4 is 0 Å². The number of rotatable bonds is 6. The van der Waals surface area contributed by atoms with Crippen molar-refractivity contribution in [3.05, 3.63) is 35.1 Å². The molecule has 0 amide bonds. The standard InChI is InChI=1S/C18H27FN2/c1-2-14-4-3-9-21(12-14)13-16-10-15(5-8-18(16)19)11-20-17-6-7-17/h5,8,10,14,17,20H,2-4,6-7,9,11-13H2,1H3. The van der Waals surface area contributed by atoms with Gasteiger partial charge in [0.15, 0.2) is 0 Å². The lowest BCUT2D eigenvalue weighted by molar-refractivity contribution is 0.163. The summed E-state index contributed by atoms with van der Waals surface area (Å²) in [5.41, 5.74) is 2.07. The van der Waals surface area contributed by atoms with Crippen molar-refractivity contribution in [3.8, 4) is 0 Å². The molecule has 1 aliphatic heterocycles. The molecule has 0 radical (unpaired) electrons. The van der Waals surface area contributed by atoms with Gasteiger partial charge in [0.05, 0.1) is 0 Å². The van der Waals surface area contributed by atoms with Crippen molar-refractivity contribution in [2.75, 3.05) is 13.1 Å². The highest BCUT2D eigenvalue weighted by Gasteiger charge is 2.21. The fourth-order valence-corrected chi connectivity index (χ4v) is 3.28. The van der Waals surface area contributed by atoms with Crippen molar-refractivity contribution in [3.63, 3.8) is 0 Å². The van der Waals surface area contributed by atoms with E-state index in [1.165, 1.54) is 37.7 Å². The van der Waals surface area contributed by atoms with Crippen molar-refractivity contribution in [2.45, 2.75) is 58.2 Å². The smallest absolute Gasteiger partial charge is 0.127 e. The number of halogens is 1. The van der Waals surface area contributed by atoms with E-state index in [2.05, 4.69) is 23.2 Å². The van der Waals surface area contributed by atoms with E-state index >= 15 is 0 Å². The molecule has 1 aliphatic carbocycles. The van der Waals surface area contributed by atoms with Gasteiger partial charge in [0.1, 0.15) is 5.82 Å². The van der Waals surface area contributed by atoms with Gasteiger partial charge in [-0.3, -0.25) is 4.90 Å². The van der Waals surface area contributed by atoms with E-state index in [4.69, 9.17) is 0 Å². The highest BCUT2D eigenvalue weighted by Crippen LogP contribution is 2.23. The van der Waals surface area contributed by atoms with Crippen LogP contribution in [0.25, 0.3) is 0 Å². The fraction of sp³-hybridized carbons (Fsp3) is 0.667. The molecule has 1 saturated carbocycles. The van der Waals surface area contributed by atoms with Crippen LogP contribution in [0.1, 0.15) is 50.2 Å². The van der Waals surface area contributed by atoms with Crippen molar-refractivity contribution < 1.29 is 4.39 Å². The zero-order valence-corrected chi connectivity index (χ0v) is 13.1. The van der Waals surface area contributed by atoms with E-state index in [1.807, 2.05) is 6.07 Å². The van der Waals surface area contributed by atoms with Crippen LogP contribution >= 0.6 is 0 Å². The minimum atomic E-state index is -0.0520. The number of piperidine rings is 1. The van der Waals surface area contributed by atoms with E-state index in [0.29, 0.717) is 6.04 Å². The van der Waals surface area contributed by atoms with Crippen molar-refractivity contribution in [1.29, 1.82) is 0 Å². The minimum Gasteiger partial charge on any atom is -0.310 e. The monoisotopic (exact) mass is 290 g/mol. The first-order chi connectivity index (χ1) is 10.2. The maximum atomic E-state index is 14.1. The Bertz CT molecular complexity index is 470. The molecule has 21 heavy (non-hydrogen) atoms. The molecule has 1 saturated heterocycles. The van der Waals surface area contributed by atoms with Gasteiger partial charge >= 0.3 is 0 Å². The zero-order valence-electron chi connectivity index (χ0n) is 13.1. The van der Waals surface area contributed by atoms with Gasteiger partial charge in [-0.1, -0.05) is 25.5 Å². The average molecular weight is 290 g/mol. The maximum Gasteiger partial charge on any atom is 0.127 e. The summed E-state index contributed by atoms with van der Waals surface area (Å²) in [5, 5.41) is 3.50. The summed E-state index contributed by atoms with van der Waals surface area (Å²) in [6.45, 7) is 6.13. The average Bonchev–Trinajstić information content (AvgIpc) is 3.32. The van der Waals surface area contributed by atoms with Crippen LogP contribution in [-0.2, 0) is 13.1 Å². The number of likely N-dealkylation sites (tertiary alicyclic amines) is 1. The first-order valence-corrected chi connectivity index (χ1v) is 8.47. The molecule has 1 N–H and O–H groups in total. The van der Waals surface area contributed by atoms with Crippen LogP contribution in [0.3, 0.4) is 0 Å². The van der Waals surface area contributed by atoms with Gasteiger partial charge in [-0.15, -0.1) is 0 Å². The topological polar surface area (TPSA) is 15.3 Å². The largest absolute Gasteiger partial charge is 0.310 e. The third-order valence-corrected chi connectivity index (χ3v) is 4.86. The molecular weight excluding hydrogens is 263 g/mol. The second-order valence-electron chi connectivity index (χ2n) is 6.73. The van der Waals surface area contributed by atoms with Gasteiger partial charge < -0.3 is 5.32 Å². The number of hydrogen-bond acceptors (Lipinski definition) is 2. The van der Waals surface area contributed by atoms with E-state index in [-0.39, 0.29) is 5.82 Å². The molecule has 2 aliphatic rings. The Morgan fingerprint density at radius 1 is 1.29 bits per heavy atom. The Hall–Kier alpha value is -0.930. The number of hydrogen-bond donors (Lipinski definition) is 1. The quantitative estimate of drug-likeness (QED) is 0.859. The van der Waals surface area contributed by atoms with Gasteiger partial charge in [0.2, 0.25) is 0 Å². The van der Waals surface area contributed by atoms with Crippen LogP contribution in [0.5, 0.6) is 0 Å². The second kappa shape index (κ2) is 6.89. The van der Waals surface area contributed by atoms with Crippen LogP contribution < -0.4 is 5.32 Å². The molecule has 0 aromatic heterocycles. The molecule has 116 valence electrons. The molecule has 1 atom stereocenters. The first-order valence-electron chi connectivity index (χ1n) is 8.47. The molecule has 3 rings (SSSR count). The molecule has 3 heteroatoms. The highest BCUT2D eigenvalue weighted by atomic mass is 19.1. The van der Waals surface area contributed by atoms with Gasteiger partial charge in [0.25, 0.3) is 0 Å². The Morgan fingerprint density at radius 2 is 2.14 bits per heavy atom. The lowest BCUT2D eigenvalue weighted by atomic mass is 9.95. The normalized spacial score (nSPS) is 23.4. The first kappa shape index (κ1) is 15.0. The molecule has 1 unspecified atom stereocenters. The summed E-state index contributed by atoms with van der Waals surface area (Å²) in [6.07, 6.45) is 6.41. The predicted molar refractivity (Wildman–Crippen MR) is 84.6 cm³/mol. The highest BCUT2D eigenvalue weighted by molar-refractivity contribution is 5.25. The molecule has 1 aromatic carbocycles. The summed E-state index contributed by atoms with van der Waals surface area (Å²) in [5.74, 6) is 0.741.